The number of rotatable bonds is 7. The van der Waals surface area contributed by atoms with Crippen LogP contribution in [0.4, 0.5) is 4.79 Å². The van der Waals surface area contributed by atoms with Crippen LogP contribution in [0.2, 0.25) is 0 Å². The lowest BCUT2D eigenvalue weighted by atomic mass is 9.98. The quantitative estimate of drug-likeness (QED) is 0.387. The first-order valence-corrected chi connectivity index (χ1v) is 11.1. The minimum Gasteiger partial charge on any atom is -0.480 e. The van der Waals surface area contributed by atoms with Crippen LogP contribution in [0.3, 0.4) is 0 Å². The van der Waals surface area contributed by atoms with Gasteiger partial charge in [0.2, 0.25) is 0 Å². The number of benzene rings is 3. The van der Waals surface area contributed by atoms with E-state index in [0.29, 0.717) is 11.5 Å². The average Bonchev–Trinajstić information content (AvgIpc) is 3.46. The highest BCUT2D eigenvalue weighted by molar-refractivity contribution is 5.81. The van der Waals surface area contributed by atoms with Crippen LogP contribution >= 0.6 is 0 Å². The molecule has 6 heteroatoms. The highest BCUT2D eigenvalue weighted by atomic mass is 16.5. The van der Waals surface area contributed by atoms with E-state index in [4.69, 9.17) is 9.15 Å². The number of hydrogen-bond donors (Lipinski definition) is 2. The van der Waals surface area contributed by atoms with Gasteiger partial charge in [0.05, 0.1) is 0 Å². The number of ether oxygens (including phenoxy) is 1. The Labute approximate surface area is 196 Å². The van der Waals surface area contributed by atoms with Gasteiger partial charge in [-0.2, -0.15) is 0 Å². The van der Waals surface area contributed by atoms with Gasteiger partial charge >= 0.3 is 12.1 Å². The fraction of sp³-hybridized carbons (Fsp3) is 0.143. The first-order valence-electron chi connectivity index (χ1n) is 11.1. The largest absolute Gasteiger partial charge is 0.480 e. The first-order chi connectivity index (χ1) is 16.6. The van der Waals surface area contributed by atoms with Crippen molar-refractivity contribution >= 4 is 12.1 Å². The molecule has 2 N–H and O–H groups in total. The van der Waals surface area contributed by atoms with Crippen molar-refractivity contribution < 1.29 is 23.8 Å². The van der Waals surface area contributed by atoms with Crippen LogP contribution in [0.25, 0.3) is 22.5 Å². The second kappa shape index (κ2) is 9.27. The van der Waals surface area contributed by atoms with Gasteiger partial charge in [-0.1, -0.05) is 78.9 Å². The molecule has 0 saturated heterocycles. The van der Waals surface area contributed by atoms with E-state index in [1.165, 1.54) is 0 Å². The molecule has 1 unspecified atom stereocenters. The number of amides is 1. The van der Waals surface area contributed by atoms with E-state index in [2.05, 4.69) is 17.4 Å². The summed E-state index contributed by atoms with van der Waals surface area (Å²) in [6.07, 6.45) is -0.768. The lowest BCUT2D eigenvalue weighted by molar-refractivity contribution is -0.139. The van der Waals surface area contributed by atoms with Gasteiger partial charge in [0.15, 0.2) is 0 Å². The van der Waals surface area contributed by atoms with Gasteiger partial charge in [-0.25, -0.2) is 9.59 Å². The van der Waals surface area contributed by atoms with Gasteiger partial charge in [0.25, 0.3) is 0 Å². The maximum atomic E-state index is 12.5. The Kier molecular flexibility index (Phi) is 5.87. The number of carboxylic acids is 1. The average molecular weight is 453 g/mol. The molecule has 0 saturated carbocycles. The van der Waals surface area contributed by atoms with Gasteiger partial charge in [-0.3, -0.25) is 0 Å². The summed E-state index contributed by atoms with van der Waals surface area (Å²) in [5.74, 6) is -0.155. The van der Waals surface area contributed by atoms with Crippen LogP contribution in [0.1, 0.15) is 22.8 Å². The fourth-order valence-electron chi connectivity index (χ4n) is 4.43. The number of hydrogen-bond acceptors (Lipinski definition) is 4. The zero-order valence-corrected chi connectivity index (χ0v) is 18.3. The summed E-state index contributed by atoms with van der Waals surface area (Å²) in [6, 6.07) is 27.9. The van der Waals surface area contributed by atoms with Crippen LogP contribution < -0.4 is 5.32 Å². The van der Waals surface area contributed by atoms with Crippen LogP contribution in [0, 0.1) is 0 Å². The highest BCUT2D eigenvalue weighted by Crippen LogP contribution is 2.44. The summed E-state index contributed by atoms with van der Waals surface area (Å²) in [6.45, 7) is 0.116. The molecule has 4 aromatic rings. The van der Waals surface area contributed by atoms with Gasteiger partial charge in [0.1, 0.15) is 24.2 Å². The lowest BCUT2D eigenvalue weighted by Crippen LogP contribution is -2.42. The van der Waals surface area contributed by atoms with Gasteiger partial charge in [-0.15, -0.1) is 0 Å². The summed E-state index contributed by atoms with van der Waals surface area (Å²) in [7, 11) is 0. The number of nitrogens with one attached hydrogen (secondary N) is 1. The molecular formula is C28H23NO5. The molecule has 0 bridgehead atoms. The smallest absolute Gasteiger partial charge is 0.407 e. The molecule has 1 aliphatic rings. The van der Waals surface area contributed by atoms with Crippen LogP contribution in [0.5, 0.6) is 0 Å². The van der Waals surface area contributed by atoms with Crippen LogP contribution in [0.15, 0.2) is 95.4 Å². The van der Waals surface area contributed by atoms with Crippen molar-refractivity contribution in [1.29, 1.82) is 0 Å². The summed E-state index contributed by atoms with van der Waals surface area (Å²) in [5.41, 5.74) is 5.33. The number of fused-ring (bicyclic) bond motifs is 3. The third-order valence-corrected chi connectivity index (χ3v) is 6.06. The molecule has 0 aliphatic heterocycles. The van der Waals surface area contributed by atoms with E-state index in [1.54, 1.807) is 12.1 Å². The molecule has 0 fully saturated rings. The number of carbonyl (C=O) groups is 2. The number of carbonyl (C=O) groups excluding carboxylic acids is 1. The Morgan fingerprint density at radius 1 is 0.853 bits per heavy atom. The number of aliphatic carboxylic acids is 1. The molecule has 1 aliphatic carbocycles. The minimum absolute atomic E-state index is 0.00631. The molecule has 1 heterocycles. The molecule has 170 valence electrons. The highest BCUT2D eigenvalue weighted by Gasteiger charge is 2.30. The molecule has 6 nitrogen and oxygen atoms in total. The van der Waals surface area contributed by atoms with Crippen molar-refractivity contribution in [3.05, 3.63) is 108 Å². The molecule has 1 aromatic heterocycles. The van der Waals surface area contributed by atoms with E-state index in [-0.39, 0.29) is 18.9 Å². The first kappa shape index (κ1) is 21.5. The molecule has 0 spiro atoms. The summed E-state index contributed by atoms with van der Waals surface area (Å²) in [5, 5.41) is 12.1. The second-order valence-electron chi connectivity index (χ2n) is 8.20. The fourth-order valence-corrected chi connectivity index (χ4v) is 4.43. The van der Waals surface area contributed by atoms with Crippen LogP contribution in [-0.4, -0.2) is 29.8 Å². The van der Waals surface area contributed by atoms with Crippen molar-refractivity contribution in [2.75, 3.05) is 6.61 Å². The van der Waals surface area contributed by atoms with Crippen molar-refractivity contribution in [2.24, 2.45) is 0 Å². The van der Waals surface area contributed by atoms with E-state index in [1.807, 2.05) is 66.7 Å². The Bertz CT molecular complexity index is 1280. The Balaban J connectivity index is 1.24. The molecule has 0 radical (unpaired) electrons. The number of furan rings is 1. The summed E-state index contributed by atoms with van der Waals surface area (Å²) >= 11 is 0. The summed E-state index contributed by atoms with van der Waals surface area (Å²) in [4.78, 5) is 24.3. The molecule has 5 rings (SSSR count). The van der Waals surface area contributed by atoms with Gasteiger partial charge in [0, 0.05) is 17.9 Å². The molecule has 34 heavy (non-hydrogen) atoms. The Morgan fingerprint density at radius 3 is 2.12 bits per heavy atom. The third kappa shape index (κ3) is 4.30. The molecular weight excluding hydrogens is 430 g/mol. The van der Waals surface area contributed by atoms with Crippen molar-refractivity contribution in [2.45, 2.75) is 18.4 Å². The predicted octanol–water partition coefficient (Wildman–Crippen LogP) is 5.48. The SMILES string of the molecule is O=C(NC(Cc1ccc(-c2ccccc2)o1)C(=O)O)OCC1c2ccccc2-c2ccccc21. The molecule has 3 aromatic carbocycles. The normalized spacial score (nSPS) is 13.1. The molecule has 1 atom stereocenters. The predicted molar refractivity (Wildman–Crippen MR) is 127 cm³/mol. The standard InChI is InChI=1S/C28H23NO5/c30-27(31)25(16-19-14-15-26(34-19)18-8-2-1-3-9-18)29-28(32)33-17-24-22-12-6-4-10-20(22)21-11-5-7-13-23(21)24/h1-15,24-25H,16-17H2,(H,29,32)(H,30,31). The van der Waals surface area contributed by atoms with E-state index in [0.717, 1.165) is 27.8 Å². The monoisotopic (exact) mass is 453 g/mol. The van der Waals surface area contributed by atoms with Crippen molar-refractivity contribution in [1.82, 2.24) is 5.32 Å². The minimum atomic E-state index is -1.18. The van der Waals surface area contributed by atoms with E-state index in [9.17, 15) is 14.7 Å². The maximum Gasteiger partial charge on any atom is 0.407 e. The van der Waals surface area contributed by atoms with E-state index >= 15 is 0 Å². The summed E-state index contributed by atoms with van der Waals surface area (Å²) < 4.78 is 11.3. The van der Waals surface area contributed by atoms with Crippen LogP contribution in [-0.2, 0) is 16.0 Å². The zero-order valence-electron chi connectivity index (χ0n) is 18.3. The maximum absolute atomic E-state index is 12.5. The zero-order chi connectivity index (χ0) is 23.5. The van der Waals surface area contributed by atoms with E-state index < -0.39 is 18.1 Å². The topological polar surface area (TPSA) is 88.8 Å². The van der Waals surface area contributed by atoms with Gasteiger partial charge < -0.3 is 19.6 Å². The third-order valence-electron chi connectivity index (χ3n) is 6.06. The number of alkyl carbamates (subject to hydrolysis) is 1. The second-order valence-corrected chi connectivity index (χ2v) is 8.20. The van der Waals surface area contributed by atoms with Crippen molar-refractivity contribution in [3.8, 4) is 22.5 Å². The lowest BCUT2D eigenvalue weighted by Gasteiger charge is -2.17. The number of carboxylic acid groups (broad SMARTS) is 1. The van der Waals surface area contributed by atoms with Crippen molar-refractivity contribution in [3.63, 3.8) is 0 Å². The van der Waals surface area contributed by atoms with Gasteiger partial charge in [-0.05, 0) is 34.4 Å². The molecule has 1 amide bonds. The Morgan fingerprint density at radius 2 is 1.47 bits per heavy atom. The Hall–Kier alpha value is -4.32.